The minimum absolute atomic E-state index is 0.000652. The van der Waals surface area contributed by atoms with Gasteiger partial charge in [0.05, 0.1) is 38.8 Å². The van der Waals surface area contributed by atoms with E-state index >= 15 is 0 Å². The highest BCUT2D eigenvalue weighted by atomic mass is 35.5. The Labute approximate surface area is 219 Å². The zero-order chi connectivity index (χ0) is 26.6. The second-order valence-electron chi connectivity index (χ2n) is 9.73. The molecule has 2 N–H and O–H groups in total. The average Bonchev–Trinajstić information content (AvgIpc) is 3.76. The lowest BCUT2D eigenvalue weighted by molar-refractivity contribution is -0.138. The lowest BCUT2D eigenvalue weighted by Gasteiger charge is -2.32. The summed E-state index contributed by atoms with van der Waals surface area (Å²) in [6, 6.07) is 4.73. The molecule has 0 aromatic carbocycles. The molecule has 196 valence electrons. The number of aliphatic hydroxyl groups excluding tert-OH is 1. The summed E-state index contributed by atoms with van der Waals surface area (Å²) in [4.78, 5) is 23.3. The summed E-state index contributed by atoms with van der Waals surface area (Å²) < 4.78 is 53.4. The van der Waals surface area contributed by atoms with Crippen molar-refractivity contribution in [1.82, 2.24) is 20.2 Å². The monoisotopic (exact) mass is 555 g/mol. The van der Waals surface area contributed by atoms with Gasteiger partial charge >= 0.3 is 6.18 Å². The number of nitrogens with one attached hydrogen (secondary N) is 1. The van der Waals surface area contributed by atoms with Crippen LogP contribution >= 0.6 is 23.4 Å². The number of likely N-dealkylation sites (tertiary alicyclic amines) is 1. The van der Waals surface area contributed by atoms with Gasteiger partial charge in [0.1, 0.15) is 17.6 Å². The molecule has 3 unspecified atom stereocenters. The summed E-state index contributed by atoms with van der Waals surface area (Å²) in [5.41, 5.74) is -2.89. The van der Waals surface area contributed by atoms with Crippen LogP contribution in [0.3, 0.4) is 0 Å². The van der Waals surface area contributed by atoms with Crippen LogP contribution in [0.25, 0.3) is 0 Å². The maximum Gasteiger partial charge on any atom is 0.417 e. The van der Waals surface area contributed by atoms with Crippen molar-refractivity contribution in [3.8, 4) is 6.07 Å². The summed E-state index contributed by atoms with van der Waals surface area (Å²) >= 11 is 7.04. The lowest BCUT2D eigenvalue weighted by Crippen LogP contribution is -2.54. The van der Waals surface area contributed by atoms with Crippen LogP contribution in [0.15, 0.2) is 35.6 Å². The van der Waals surface area contributed by atoms with Crippen molar-refractivity contribution in [2.75, 3.05) is 6.54 Å². The van der Waals surface area contributed by atoms with E-state index in [2.05, 4.69) is 21.4 Å². The van der Waals surface area contributed by atoms with E-state index in [4.69, 9.17) is 11.6 Å². The molecular formula is C24H22ClF4N5O2S. The van der Waals surface area contributed by atoms with Crippen molar-refractivity contribution >= 4 is 29.3 Å². The van der Waals surface area contributed by atoms with E-state index in [1.54, 1.807) is 0 Å². The maximum atomic E-state index is 14.7. The summed E-state index contributed by atoms with van der Waals surface area (Å²) in [5, 5.41) is 23.5. The number of aromatic nitrogens is 2. The number of carbonyl (C=O) groups excluding carboxylic acids is 1. The van der Waals surface area contributed by atoms with Gasteiger partial charge in [0.15, 0.2) is 0 Å². The molecule has 2 aromatic rings. The first-order valence-corrected chi connectivity index (χ1v) is 12.9. The van der Waals surface area contributed by atoms with Gasteiger partial charge in [-0.1, -0.05) is 11.6 Å². The number of hydrogen-bond donors (Lipinski definition) is 2. The number of pyridine rings is 2. The number of amides is 1. The molecule has 37 heavy (non-hydrogen) atoms. The standard InChI is InChI=1S/C24H22ClF4N5O2S/c25-14-7-16(26)19(32-10-14)23(5-6-23)21(36)34-11-15(8-17(34)20(35)33-22(12-30)3-4-22)37-18-2-1-13(9-31-18)24(27,28)29/h1-2,7,9-10,15,17,20,33,35H,3-6,8,11H2. The number of carbonyl (C=O) groups is 1. The Bertz CT molecular complexity index is 1250. The van der Waals surface area contributed by atoms with Gasteiger partial charge in [-0.25, -0.2) is 9.37 Å². The number of thioether (sulfide) groups is 1. The smallest absolute Gasteiger partial charge is 0.376 e. The van der Waals surface area contributed by atoms with Crippen LogP contribution in [0.2, 0.25) is 5.02 Å². The molecule has 1 saturated heterocycles. The van der Waals surface area contributed by atoms with Crippen molar-refractivity contribution in [1.29, 1.82) is 5.26 Å². The Balaban J connectivity index is 1.38. The van der Waals surface area contributed by atoms with Crippen LogP contribution < -0.4 is 5.32 Å². The molecule has 5 rings (SSSR count). The third-order valence-corrected chi connectivity index (χ3v) is 8.45. The second kappa shape index (κ2) is 9.38. The van der Waals surface area contributed by atoms with Crippen LogP contribution in [0, 0.1) is 17.1 Å². The summed E-state index contributed by atoms with van der Waals surface area (Å²) in [6.45, 7) is 0.159. The fraction of sp³-hybridized carbons (Fsp3) is 0.500. The molecule has 0 radical (unpaired) electrons. The fourth-order valence-electron chi connectivity index (χ4n) is 4.74. The van der Waals surface area contributed by atoms with E-state index in [-0.39, 0.29) is 22.5 Å². The van der Waals surface area contributed by atoms with Gasteiger partial charge in [-0.05, 0) is 50.3 Å². The quantitative estimate of drug-likeness (QED) is 0.393. The molecule has 3 heterocycles. The van der Waals surface area contributed by atoms with Crippen LogP contribution in [0.4, 0.5) is 17.6 Å². The van der Waals surface area contributed by atoms with E-state index in [0.29, 0.717) is 37.1 Å². The normalized spacial score (nSPS) is 24.4. The van der Waals surface area contributed by atoms with E-state index in [0.717, 1.165) is 18.3 Å². The Morgan fingerprint density at radius 1 is 1.27 bits per heavy atom. The van der Waals surface area contributed by atoms with Gasteiger partial charge in [-0.2, -0.15) is 18.4 Å². The molecule has 1 amide bonds. The minimum Gasteiger partial charge on any atom is -0.376 e. The van der Waals surface area contributed by atoms with E-state index in [1.165, 1.54) is 28.9 Å². The summed E-state index contributed by atoms with van der Waals surface area (Å²) in [7, 11) is 0. The van der Waals surface area contributed by atoms with Gasteiger partial charge in [-0.15, -0.1) is 11.8 Å². The topological polar surface area (TPSA) is 102 Å². The third-order valence-electron chi connectivity index (χ3n) is 7.09. The van der Waals surface area contributed by atoms with Gasteiger partial charge in [0.2, 0.25) is 5.91 Å². The SMILES string of the molecule is N#CC1(NC(O)C2CC(Sc3ccc(C(F)(F)F)cn3)CN2C(=O)C2(c3ncc(Cl)cc3F)CC2)CC1. The third kappa shape index (κ3) is 5.14. The molecule has 7 nitrogen and oxygen atoms in total. The molecule has 0 bridgehead atoms. The fourth-order valence-corrected chi connectivity index (χ4v) is 6.02. The highest BCUT2D eigenvalue weighted by Gasteiger charge is 2.59. The Hall–Kier alpha value is -2.46. The van der Waals surface area contributed by atoms with Crippen molar-refractivity contribution in [2.45, 2.75) is 71.8 Å². The van der Waals surface area contributed by atoms with Crippen LogP contribution in [0.1, 0.15) is 43.4 Å². The first-order chi connectivity index (χ1) is 17.5. The zero-order valence-electron chi connectivity index (χ0n) is 19.3. The molecule has 1 aliphatic heterocycles. The lowest BCUT2D eigenvalue weighted by atomic mass is 9.98. The molecule has 3 fully saturated rings. The van der Waals surface area contributed by atoms with E-state index in [9.17, 15) is 32.7 Å². The van der Waals surface area contributed by atoms with Crippen LogP contribution in [-0.4, -0.2) is 55.5 Å². The predicted octanol–water partition coefficient (Wildman–Crippen LogP) is 4.05. The molecule has 3 atom stereocenters. The Morgan fingerprint density at radius 2 is 2.00 bits per heavy atom. The average molecular weight is 556 g/mol. The highest BCUT2D eigenvalue weighted by Crippen LogP contribution is 2.51. The van der Waals surface area contributed by atoms with Gasteiger partial charge in [0.25, 0.3) is 0 Å². The Kier molecular flexibility index (Phi) is 6.63. The van der Waals surface area contributed by atoms with E-state index < -0.39 is 46.7 Å². The van der Waals surface area contributed by atoms with E-state index in [1.807, 2.05) is 0 Å². The zero-order valence-corrected chi connectivity index (χ0v) is 20.9. The minimum atomic E-state index is -4.50. The second-order valence-corrected chi connectivity index (χ2v) is 11.5. The molecular weight excluding hydrogens is 534 g/mol. The van der Waals surface area contributed by atoms with Crippen LogP contribution in [0.5, 0.6) is 0 Å². The van der Waals surface area contributed by atoms with Gasteiger partial charge in [0, 0.05) is 24.2 Å². The molecule has 0 spiro atoms. The molecule has 2 aliphatic carbocycles. The first kappa shape index (κ1) is 26.2. The van der Waals surface area contributed by atoms with Crippen molar-refractivity contribution in [3.63, 3.8) is 0 Å². The maximum absolute atomic E-state index is 14.7. The number of alkyl halides is 3. The number of nitriles is 1. The van der Waals surface area contributed by atoms with Crippen LogP contribution in [-0.2, 0) is 16.4 Å². The van der Waals surface area contributed by atoms with Crippen molar-refractivity contribution in [2.24, 2.45) is 0 Å². The molecule has 2 aromatic heterocycles. The largest absolute Gasteiger partial charge is 0.417 e. The number of halogens is 5. The highest BCUT2D eigenvalue weighted by molar-refractivity contribution is 7.99. The predicted molar refractivity (Wildman–Crippen MR) is 126 cm³/mol. The van der Waals surface area contributed by atoms with Crippen molar-refractivity contribution < 1.29 is 27.5 Å². The van der Waals surface area contributed by atoms with Gasteiger partial charge in [-0.3, -0.25) is 15.1 Å². The number of hydrogen-bond acceptors (Lipinski definition) is 7. The summed E-state index contributed by atoms with van der Waals surface area (Å²) in [6.07, 6.45) is -1.50. The molecule has 3 aliphatic rings. The number of aliphatic hydroxyl groups is 1. The van der Waals surface area contributed by atoms with Crippen molar-refractivity contribution in [3.05, 3.63) is 52.7 Å². The van der Waals surface area contributed by atoms with Gasteiger partial charge < -0.3 is 10.0 Å². The molecule has 2 saturated carbocycles. The summed E-state index contributed by atoms with van der Waals surface area (Å²) in [5.74, 6) is -1.08. The number of rotatable bonds is 7. The first-order valence-electron chi connectivity index (χ1n) is 11.7. The number of nitrogens with zero attached hydrogens (tertiary/aromatic N) is 4. The Morgan fingerprint density at radius 3 is 2.54 bits per heavy atom. The molecule has 13 heteroatoms.